The Hall–Kier alpha value is -1.06. The zero-order valence-corrected chi connectivity index (χ0v) is 8.38. The zero-order chi connectivity index (χ0) is 9.42. The lowest BCUT2D eigenvalue weighted by Crippen LogP contribution is -2.05. The van der Waals surface area contributed by atoms with Gasteiger partial charge in [-0.1, -0.05) is 6.07 Å². The van der Waals surface area contributed by atoms with Gasteiger partial charge in [0.05, 0.1) is 5.56 Å². The van der Waals surface area contributed by atoms with Crippen LogP contribution in [0.4, 0.5) is 0 Å². The monoisotopic (exact) mass is 213 g/mol. The van der Waals surface area contributed by atoms with Crippen molar-refractivity contribution in [3.05, 3.63) is 34.9 Å². The molecule has 14 heavy (non-hydrogen) atoms. The van der Waals surface area contributed by atoms with Gasteiger partial charge in [0, 0.05) is 6.04 Å². The summed E-state index contributed by atoms with van der Waals surface area (Å²) in [5.74, 6) is -0.872. The van der Waals surface area contributed by atoms with Crippen LogP contribution in [0.2, 0.25) is 0 Å². The average molecular weight is 214 g/mol. The van der Waals surface area contributed by atoms with Gasteiger partial charge >= 0.3 is 5.97 Å². The SMILES string of the molecule is Cl.NC1CCc2cc(C(=O)O)ccc21. The van der Waals surface area contributed by atoms with Crippen LogP contribution in [-0.2, 0) is 6.42 Å². The summed E-state index contributed by atoms with van der Waals surface area (Å²) in [7, 11) is 0. The molecule has 76 valence electrons. The number of aryl methyl sites for hydroxylation is 1. The van der Waals surface area contributed by atoms with E-state index in [9.17, 15) is 4.79 Å². The number of carbonyl (C=O) groups is 1. The summed E-state index contributed by atoms with van der Waals surface area (Å²) in [4.78, 5) is 10.7. The third-order valence-electron chi connectivity index (χ3n) is 2.51. The molecule has 0 amide bonds. The second-order valence-electron chi connectivity index (χ2n) is 3.36. The fourth-order valence-electron chi connectivity index (χ4n) is 1.78. The maximum absolute atomic E-state index is 10.7. The van der Waals surface area contributed by atoms with Gasteiger partial charge < -0.3 is 10.8 Å². The Bertz CT molecular complexity index is 365. The Kier molecular flexibility index (Phi) is 3.13. The second-order valence-corrected chi connectivity index (χ2v) is 3.36. The van der Waals surface area contributed by atoms with Crippen LogP contribution in [0.15, 0.2) is 18.2 Å². The van der Waals surface area contributed by atoms with Gasteiger partial charge in [-0.3, -0.25) is 0 Å². The number of rotatable bonds is 1. The number of hydrogen-bond donors (Lipinski definition) is 2. The molecule has 1 unspecified atom stereocenters. The highest BCUT2D eigenvalue weighted by atomic mass is 35.5. The van der Waals surface area contributed by atoms with E-state index in [1.54, 1.807) is 12.1 Å². The van der Waals surface area contributed by atoms with E-state index < -0.39 is 5.97 Å². The third kappa shape index (κ3) is 1.74. The molecule has 0 bridgehead atoms. The van der Waals surface area contributed by atoms with Crippen LogP contribution >= 0.6 is 12.4 Å². The van der Waals surface area contributed by atoms with Crippen LogP contribution < -0.4 is 5.73 Å². The van der Waals surface area contributed by atoms with E-state index in [4.69, 9.17) is 10.8 Å². The molecule has 0 heterocycles. The highest BCUT2D eigenvalue weighted by Gasteiger charge is 2.19. The minimum Gasteiger partial charge on any atom is -0.478 e. The van der Waals surface area contributed by atoms with E-state index in [2.05, 4.69) is 0 Å². The van der Waals surface area contributed by atoms with Gasteiger partial charge in [0.25, 0.3) is 0 Å². The molecule has 0 radical (unpaired) electrons. The molecule has 1 atom stereocenters. The van der Waals surface area contributed by atoms with Crippen LogP contribution in [0.3, 0.4) is 0 Å². The third-order valence-corrected chi connectivity index (χ3v) is 2.51. The summed E-state index contributed by atoms with van der Waals surface area (Å²) < 4.78 is 0. The van der Waals surface area contributed by atoms with E-state index in [0.717, 1.165) is 24.0 Å². The lowest BCUT2D eigenvalue weighted by atomic mass is 10.1. The first-order chi connectivity index (χ1) is 6.18. The van der Waals surface area contributed by atoms with E-state index in [-0.39, 0.29) is 18.4 Å². The number of carboxylic acid groups (broad SMARTS) is 1. The normalized spacial score (nSPS) is 18.5. The number of carboxylic acids is 1. The molecule has 3 nitrogen and oxygen atoms in total. The van der Waals surface area contributed by atoms with E-state index in [0.29, 0.717) is 5.56 Å². The van der Waals surface area contributed by atoms with Crippen LogP contribution in [0.1, 0.15) is 33.9 Å². The molecule has 1 aliphatic carbocycles. The fraction of sp³-hybridized carbons (Fsp3) is 0.300. The van der Waals surface area contributed by atoms with E-state index in [1.165, 1.54) is 0 Å². The molecule has 0 saturated heterocycles. The minimum absolute atomic E-state index is 0. The van der Waals surface area contributed by atoms with Crippen molar-refractivity contribution in [1.82, 2.24) is 0 Å². The zero-order valence-electron chi connectivity index (χ0n) is 7.56. The van der Waals surface area contributed by atoms with Crippen molar-refractivity contribution in [1.29, 1.82) is 0 Å². The van der Waals surface area contributed by atoms with Crippen LogP contribution in [0.5, 0.6) is 0 Å². The van der Waals surface area contributed by atoms with Crippen LogP contribution in [-0.4, -0.2) is 11.1 Å². The Morgan fingerprint density at radius 1 is 1.50 bits per heavy atom. The van der Waals surface area contributed by atoms with E-state index >= 15 is 0 Å². The molecule has 3 N–H and O–H groups in total. The Balaban J connectivity index is 0.000000980. The molecule has 1 aromatic carbocycles. The lowest BCUT2D eigenvalue weighted by molar-refractivity contribution is 0.0697. The van der Waals surface area contributed by atoms with E-state index in [1.807, 2.05) is 6.07 Å². The summed E-state index contributed by atoms with van der Waals surface area (Å²) in [6, 6.07) is 5.27. The molecular formula is C10H12ClNO2. The number of halogens is 1. The largest absolute Gasteiger partial charge is 0.478 e. The average Bonchev–Trinajstić information content (AvgIpc) is 2.47. The fourth-order valence-corrected chi connectivity index (χ4v) is 1.78. The molecule has 2 rings (SSSR count). The van der Waals surface area contributed by atoms with Crippen molar-refractivity contribution in [3.8, 4) is 0 Å². The molecule has 1 aromatic rings. The summed E-state index contributed by atoms with van der Waals surface area (Å²) in [5, 5.41) is 8.75. The molecular weight excluding hydrogens is 202 g/mol. The smallest absolute Gasteiger partial charge is 0.335 e. The Morgan fingerprint density at radius 3 is 2.86 bits per heavy atom. The predicted octanol–water partition coefficient (Wildman–Crippen LogP) is 1.75. The topological polar surface area (TPSA) is 63.3 Å². The standard InChI is InChI=1S/C10H11NO2.ClH/c11-9-4-2-6-5-7(10(12)13)1-3-8(6)9;/h1,3,5,9H,2,4,11H2,(H,12,13);1H. The summed E-state index contributed by atoms with van der Waals surface area (Å²) in [5.41, 5.74) is 8.37. The van der Waals surface area contributed by atoms with Gasteiger partial charge in [-0.25, -0.2) is 4.79 Å². The highest BCUT2D eigenvalue weighted by Crippen LogP contribution is 2.29. The quantitative estimate of drug-likeness (QED) is 0.747. The first kappa shape index (κ1) is 11.0. The maximum atomic E-state index is 10.7. The molecule has 0 saturated carbocycles. The molecule has 0 fully saturated rings. The first-order valence-electron chi connectivity index (χ1n) is 4.30. The van der Waals surface area contributed by atoms with Crippen molar-refractivity contribution < 1.29 is 9.90 Å². The van der Waals surface area contributed by atoms with Gasteiger partial charge in [0.15, 0.2) is 0 Å². The van der Waals surface area contributed by atoms with Gasteiger partial charge in [-0.15, -0.1) is 12.4 Å². The first-order valence-corrected chi connectivity index (χ1v) is 4.30. The summed E-state index contributed by atoms with van der Waals surface area (Å²) >= 11 is 0. The number of benzene rings is 1. The van der Waals surface area contributed by atoms with Crippen molar-refractivity contribution >= 4 is 18.4 Å². The molecule has 1 aliphatic rings. The predicted molar refractivity (Wildman–Crippen MR) is 55.9 cm³/mol. The lowest BCUT2D eigenvalue weighted by Gasteiger charge is -2.04. The van der Waals surface area contributed by atoms with Crippen molar-refractivity contribution in [2.24, 2.45) is 5.73 Å². The van der Waals surface area contributed by atoms with Gasteiger partial charge in [0.2, 0.25) is 0 Å². The number of hydrogen-bond acceptors (Lipinski definition) is 2. The van der Waals surface area contributed by atoms with Crippen LogP contribution in [0, 0.1) is 0 Å². The number of aromatic carboxylic acids is 1. The molecule has 4 heteroatoms. The van der Waals surface area contributed by atoms with Crippen molar-refractivity contribution in [3.63, 3.8) is 0 Å². The Labute approximate surface area is 88.3 Å². The number of nitrogens with two attached hydrogens (primary N) is 1. The second kappa shape index (κ2) is 3.98. The minimum atomic E-state index is -0.872. The van der Waals surface area contributed by atoms with Crippen LogP contribution in [0.25, 0.3) is 0 Å². The Morgan fingerprint density at radius 2 is 2.21 bits per heavy atom. The summed E-state index contributed by atoms with van der Waals surface area (Å²) in [6.45, 7) is 0. The van der Waals surface area contributed by atoms with Gasteiger partial charge in [0.1, 0.15) is 0 Å². The highest BCUT2D eigenvalue weighted by molar-refractivity contribution is 5.88. The molecule has 0 aromatic heterocycles. The van der Waals surface area contributed by atoms with Crippen molar-refractivity contribution in [2.75, 3.05) is 0 Å². The molecule has 0 spiro atoms. The van der Waals surface area contributed by atoms with Crippen molar-refractivity contribution in [2.45, 2.75) is 18.9 Å². The van der Waals surface area contributed by atoms with Gasteiger partial charge in [-0.2, -0.15) is 0 Å². The van der Waals surface area contributed by atoms with Gasteiger partial charge in [-0.05, 0) is 36.1 Å². The summed E-state index contributed by atoms with van der Waals surface area (Å²) in [6.07, 6.45) is 1.83. The number of fused-ring (bicyclic) bond motifs is 1. The maximum Gasteiger partial charge on any atom is 0.335 e. The molecule has 0 aliphatic heterocycles.